The highest BCUT2D eigenvalue weighted by atomic mass is 32.1. The summed E-state index contributed by atoms with van der Waals surface area (Å²) in [4.78, 5) is 30.9. The zero-order chi connectivity index (χ0) is 18.2. The van der Waals surface area contributed by atoms with Crippen LogP contribution in [0.15, 0.2) is 11.6 Å². The van der Waals surface area contributed by atoms with Gasteiger partial charge in [-0.25, -0.2) is 4.98 Å². The van der Waals surface area contributed by atoms with Crippen molar-refractivity contribution >= 4 is 34.5 Å². The molecule has 0 radical (unpaired) electrons. The molecule has 2 N–H and O–H groups in total. The van der Waals surface area contributed by atoms with Crippen LogP contribution in [0.3, 0.4) is 0 Å². The van der Waals surface area contributed by atoms with Gasteiger partial charge in [0.15, 0.2) is 0 Å². The van der Waals surface area contributed by atoms with Gasteiger partial charge in [-0.05, 0) is 49.1 Å². The number of nitrogens with zero attached hydrogens (tertiary/aromatic N) is 1. The van der Waals surface area contributed by atoms with E-state index in [1.54, 1.807) is 12.4 Å². The van der Waals surface area contributed by atoms with Gasteiger partial charge in [0.25, 0.3) is 11.8 Å². The monoisotopic (exact) mass is 377 g/mol. The first-order chi connectivity index (χ1) is 11.8. The number of thiazole rings is 1. The molecule has 0 spiro atoms. The number of nitrogens with one attached hydrogen (secondary N) is 2. The Morgan fingerprint density at radius 1 is 1.24 bits per heavy atom. The number of hydrogen-bond donors (Lipinski definition) is 2. The Morgan fingerprint density at radius 2 is 1.96 bits per heavy atom. The number of thiophene rings is 1. The van der Waals surface area contributed by atoms with E-state index in [2.05, 4.69) is 36.6 Å². The summed E-state index contributed by atoms with van der Waals surface area (Å²) >= 11 is 2.79. The number of hydrogen-bond acceptors (Lipinski definition) is 5. The molecule has 2 aromatic heterocycles. The second-order valence-corrected chi connectivity index (χ2v) is 9.53. The van der Waals surface area contributed by atoms with Gasteiger partial charge in [0.2, 0.25) is 0 Å². The maximum atomic E-state index is 12.4. The number of carbonyl (C=O) groups excluding carboxylic acids is 2. The summed E-state index contributed by atoms with van der Waals surface area (Å²) in [6, 6.07) is 1.98. The molecule has 2 amide bonds. The molecule has 1 aliphatic rings. The molecule has 7 heteroatoms. The number of amides is 2. The quantitative estimate of drug-likeness (QED) is 0.783. The van der Waals surface area contributed by atoms with Crippen LogP contribution in [-0.4, -0.2) is 16.8 Å². The lowest BCUT2D eigenvalue weighted by Crippen LogP contribution is -2.41. The minimum atomic E-state index is -0.331. The van der Waals surface area contributed by atoms with Gasteiger partial charge in [-0.3, -0.25) is 20.4 Å². The molecule has 0 fully saturated rings. The van der Waals surface area contributed by atoms with Gasteiger partial charge in [-0.2, -0.15) is 0 Å². The lowest BCUT2D eigenvalue weighted by Gasteiger charge is -2.33. The third-order valence-electron chi connectivity index (χ3n) is 4.77. The summed E-state index contributed by atoms with van der Waals surface area (Å²) in [6.45, 7) is 8.60. The number of aryl methyl sites for hydroxylation is 2. The van der Waals surface area contributed by atoms with Crippen molar-refractivity contribution in [3.63, 3.8) is 0 Å². The van der Waals surface area contributed by atoms with Gasteiger partial charge in [-0.15, -0.1) is 22.7 Å². The fourth-order valence-electron chi connectivity index (χ4n) is 3.13. The molecule has 0 bridgehead atoms. The number of aromatic nitrogens is 1. The molecule has 0 saturated heterocycles. The third-order valence-corrected chi connectivity index (χ3v) is 6.94. The average Bonchev–Trinajstić information content (AvgIpc) is 3.16. The topological polar surface area (TPSA) is 71.1 Å². The predicted molar refractivity (Wildman–Crippen MR) is 101 cm³/mol. The van der Waals surface area contributed by atoms with Crippen LogP contribution in [0.4, 0.5) is 0 Å². The highest BCUT2D eigenvalue weighted by Crippen LogP contribution is 2.40. The van der Waals surface area contributed by atoms with Crippen molar-refractivity contribution in [2.24, 2.45) is 11.3 Å². The Morgan fingerprint density at radius 3 is 2.60 bits per heavy atom. The van der Waals surface area contributed by atoms with Gasteiger partial charge < -0.3 is 0 Å². The number of carbonyl (C=O) groups is 2. The Kier molecular flexibility index (Phi) is 4.97. The Balaban J connectivity index is 1.64. The Hall–Kier alpha value is -1.73. The van der Waals surface area contributed by atoms with Crippen LogP contribution >= 0.6 is 22.7 Å². The van der Waals surface area contributed by atoms with Crippen molar-refractivity contribution in [3.8, 4) is 0 Å². The summed E-state index contributed by atoms with van der Waals surface area (Å²) in [6.07, 6.45) is 3.22. The molecule has 5 nitrogen and oxygen atoms in total. The van der Waals surface area contributed by atoms with Crippen LogP contribution in [0.2, 0.25) is 0 Å². The summed E-state index contributed by atoms with van der Waals surface area (Å²) in [5, 5.41) is 0. The van der Waals surface area contributed by atoms with Crippen molar-refractivity contribution in [1.29, 1.82) is 0 Å². The second-order valence-electron chi connectivity index (χ2n) is 7.54. The molecule has 134 valence electrons. The van der Waals surface area contributed by atoms with Crippen molar-refractivity contribution in [2.45, 2.75) is 47.0 Å². The third kappa shape index (κ3) is 3.93. The molecule has 2 heterocycles. The first-order valence-corrected chi connectivity index (χ1v) is 10.1. The number of rotatable bonds is 2. The molecule has 3 rings (SSSR count). The summed E-state index contributed by atoms with van der Waals surface area (Å²) < 4.78 is 0. The van der Waals surface area contributed by atoms with Gasteiger partial charge >= 0.3 is 0 Å². The zero-order valence-electron chi connectivity index (χ0n) is 14.9. The lowest BCUT2D eigenvalue weighted by atomic mass is 9.72. The van der Waals surface area contributed by atoms with E-state index < -0.39 is 0 Å². The fourth-order valence-corrected chi connectivity index (χ4v) is 4.93. The molecule has 25 heavy (non-hydrogen) atoms. The largest absolute Gasteiger partial charge is 0.281 e. The van der Waals surface area contributed by atoms with Crippen molar-refractivity contribution < 1.29 is 9.59 Å². The zero-order valence-corrected chi connectivity index (χ0v) is 16.6. The first-order valence-electron chi connectivity index (χ1n) is 8.38. The summed E-state index contributed by atoms with van der Waals surface area (Å²) in [5.74, 6) is 0.0456. The molecule has 1 aliphatic carbocycles. The van der Waals surface area contributed by atoms with E-state index in [9.17, 15) is 9.59 Å². The smallest absolute Gasteiger partial charge is 0.266 e. The van der Waals surface area contributed by atoms with Gasteiger partial charge in [-0.1, -0.05) is 20.8 Å². The van der Waals surface area contributed by atoms with Crippen LogP contribution in [0.5, 0.6) is 0 Å². The maximum Gasteiger partial charge on any atom is 0.281 e. The Bertz CT molecular complexity index is 802. The SMILES string of the molecule is Cc1ncsc1C(=O)NNC(=O)c1cc2c(s1)CCC(C(C)(C)C)C2. The van der Waals surface area contributed by atoms with Gasteiger partial charge in [0.05, 0.1) is 16.1 Å². The lowest BCUT2D eigenvalue weighted by molar-refractivity contribution is 0.0850. The van der Waals surface area contributed by atoms with Crippen molar-refractivity contribution in [1.82, 2.24) is 15.8 Å². The standard InChI is InChI=1S/C18H23N3O2S2/c1-10-15(24-9-19-10)17(23)21-20-16(22)14-8-11-7-12(18(2,3)4)5-6-13(11)25-14/h8-9,12H,5-7H2,1-4H3,(H,20,22)(H,21,23). The molecule has 1 unspecified atom stereocenters. The van der Waals surface area contributed by atoms with Crippen molar-refractivity contribution in [2.75, 3.05) is 0 Å². The van der Waals surface area contributed by atoms with Crippen LogP contribution in [0.25, 0.3) is 0 Å². The minimum Gasteiger partial charge on any atom is -0.266 e. The number of hydrazine groups is 1. The van der Waals surface area contributed by atoms with Crippen LogP contribution < -0.4 is 10.9 Å². The van der Waals surface area contributed by atoms with Crippen LogP contribution in [0.1, 0.15) is 62.7 Å². The highest BCUT2D eigenvalue weighted by molar-refractivity contribution is 7.14. The molecular formula is C18H23N3O2S2. The molecule has 0 saturated carbocycles. The van der Waals surface area contributed by atoms with Gasteiger partial charge in [0.1, 0.15) is 4.88 Å². The van der Waals surface area contributed by atoms with E-state index in [0.717, 1.165) is 12.8 Å². The summed E-state index contributed by atoms with van der Waals surface area (Å²) in [5.41, 5.74) is 8.84. The van der Waals surface area contributed by atoms with E-state index in [4.69, 9.17) is 0 Å². The van der Waals surface area contributed by atoms with E-state index in [-0.39, 0.29) is 17.2 Å². The molecule has 0 aliphatic heterocycles. The minimum absolute atomic E-state index is 0.262. The van der Waals surface area contributed by atoms with E-state index in [1.165, 1.54) is 39.5 Å². The first kappa shape index (κ1) is 18.1. The van der Waals surface area contributed by atoms with Gasteiger partial charge in [0, 0.05) is 4.88 Å². The van der Waals surface area contributed by atoms with Crippen LogP contribution in [-0.2, 0) is 12.8 Å². The van der Waals surface area contributed by atoms with Crippen molar-refractivity contribution in [3.05, 3.63) is 37.5 Å². The molecule has 1 atom stereocenters. The van der Waals surface area contributed by atoms with Crippen LogP contribution in [0, 0.1) is 18.3 Å². The normalized spacial score (nSPS) is 17.0. The highest BCUT2D eigenvalue weighted by Gasteiger charge is 2.30. The molecule has 0 aromatic carbocycles. The fraction of sp³-hybridized carbons (Fsp3) is 0.500. The van der Waals surface area contributed by atoms with E-state index in [1.807, 2.05) is 6.07 Å². The molecule has 2 aromatic rings. The molecular weight excluding hydrogens is 354 g/mol. The van der Waals surface area contributed by atoms with E-state index >= 15 is 0 Å². The second kappa shape index (κ2) is 6.88. The average molecular weight is 378 g/mol. The van der Waals surface area contributed by atoms with E-state index in [0.29, 0.717) is 21.4 Å². The number of fused-ring (bicyclic) bond motifs is 1. The summed E-state index contributed by atoms with van der Waals surface area (Å²) in [7, 11) is 0. The predicted octanol–water partition coefficient (Wildman–Crippen LogP) is 3.74. The maximum absolute atomic E-state index is 12.4. The Labute approximate surface area is 155 Å².